The number of carbonyl (C=O) groups is 2. The van der Waals surface area contributed by atoms with Crippen LogP contribution in [0.5, 0.6) is 17.2 Å². The van der Waals surface area contributed by atoms with Crippen LogP contribution in [0.25, 0.3) is 10.8 Å². The highest BCUT2D eigenvalue weighted by Crippen LogP contribution is 2.50. The van der Waals surface area contributed by atoms with Gasteiger partial charge in [0.25, 0.3) is 5.78 Å². The number of ketones is 1. The SMILES string of the molecule is CO[C@@H](/C=C/O[C@@]1(C)Oc2c(C)c(O)c3c(O)c(N)c4c(c3c2C1=O)=NC1(CCN(CC(C)C)CC1)N=4)[C@@H](C)[C@@H](OC(=O)N1CC2(CCN(CC3CCCCC3)CC2)C1)[C@H](C)[C@H](O)[C@H](C)[C@H](C)O. The maximum Gasteiger partial charge on any atom is 0.410 e. The maximum atomic E-state index is 14.7. The van der Waals surface area contributed by atoms with Crippen LogP contribution in [0.1, 0.15) is 122 Å². The van der Waals surface area contributed by atoms with Gasteiger partial charge in [-0.3, -0.25) is 14.8 Å². The Bertz CT molecular complexity index is 2360. The first-order valence-electron chi connectivity index (χ1n) is 25.4. The van der Waals surface area contributed by atoms with Gasteiger partial charge in [-0.05, 0) is 70.5 Å². The van der Waals surface area contributed by atoms with Crippen LogP contribution in [0.4, 0.5) is 10.5 Å². The van der Waals surface area contributed by atoms with Crippen LogP contribution in [0.15, 0.2) is 22.3 Å². The number of anilines is 1. The van der Waals surface area contributed by atoms with Crippen molar-refractivity contribution in [2.75, 3.05) is 65.2 Å². The summed E-state index contributed by atoms with van der Waals surface area (Å²) in [5, 5.41) is 45.9. The number of phenolic OH excluding ortho intramolecular Hbond substituents is 2. The number of methoxy groups -OCH3 is 1. The number of hydrogen-bond acceptors (Lipinski definition) is 15. The highest BCUT2D eigenvalue weighted by atomic mass is 16.7. The highest BCUT2D eigenvalue weighted by Gasteiger charge is 2.51. The summed E-state index contributed by atoms with van der Waals surface area (Å²) >= 11 is 0. The zero-order valence-electron chi connectivity index (χ0n) is 41.9. The summed E-state index contributed by atoms with van der Waals surface area (Å²) in [4.78, 5) is 45.6. The number of hydrogen-bond donors (Lipinski definition) is 5. The molecule has 1 saturated carbocycles. The lowest BCUT2D eigenvalue weighted by Gasteiger charge is -2.54. The number of amides is 1. The van der Waals surface area contributed by atoms with Crippen LogP contribution >= 0.6 is 0 Å². The zero-order valence-corrected chi connectivity index (χ0v) is 41.9. The highest BCUT2D eigenvalue weighted by molar-refractivity contribution is 6.19. The van der Waals surface area contributed by atoms with E-state index in [1.54, 1.807) is 31.7 Å². The number of phenols is 2. The Balaban J connectivity index is 0.990. The normalized spacial score (nSPS) is 25.8. The number of benzene rings is 2. The zero-order chi connectivity index (χ0) is 49.0. The summed E-state index contributed by atoms with van der Waals surface area (Å²) in [5.74, 6) is -3.38. The molecule has 1 amide bonds. The summed E-state index contributed by atoms with van der Waals surface area (Å²) in [7, 11) is 1.52. The number of nitrogens with two attached hydrogens (primary N) is 1. The number of likely N-dealkylation sites (tertiary alicyclic amines) is 3. The van der Waals surface area contributed by atoms with E-state index in [9.17, 15) is 30.0 Å². The lowest BCUT2D eigenvalue weighted by molar-refractivity contribution is -0.100. The predicted octanol–water partition coefficient (Wildman–Crippen LogP) is 5.81. The number of aliphatic hydroxyl groups excluding tert-OH is 2. The van der Waals surface area contributed by atoms with E-state index in [2.05, 4.69) is 23.6 Å². The molecule has 5 heterocycles. The molecule has 1 aliphatic carbocycles. The summed E-state index contributed by atoms with van der Waals surface area (Å²) in [5.41, 5.74) is 6.09. The molecule has 5 aliphatic heterocycles. The van der Waals surface area contributed by atoms with Gasteiger partial charge >= 0.3 is 11.9 Å². The fourth-order valence-corrected chi connectivity index (χ4v) is 12.1. The van der Waals surface area contributed by atoms with Crippen molar-refractivity contribution < 1.29 is 49.0 Å². The molecule has 16 nitrogen and oxygen atoms in total. The Hall–Kier alpha value is -4.22. The van der Waals surface area contributed by atoms with E-state index in [4.69, 9.17) is 34.7 Å². The second kappa shape index (κ2) is 19.5. The molecule has 6 aliphatic rings. The number of carbonyl (C=O) groups excluding carboxylic acids is 2. The minimum absolute atomic E-state index is 0.00112. The molecule has 0 aromatic heterocycles. The number of piperidine rings is 2. The van der Waals surface area contributed by atoms with Crippen molar-refractivity contribution in [3.05, 3.63) is 34.2 Å². The monoisotopic (exact) mass is 947 g/mol. The number of nitrogens with zero attached hydrogens (tertiary/aromatic N) is 5. The van der Waals surface area contributed by atoms with Gasteiger partial charge in [0.15, 0.2) is 11.4 Å². The van der Waals surface area contributed by atoms with Crippen molar-refractivity contribution >= 4 is 28.3 Å². The van der Waals surface area contributed by atoms with E-state index < -0.39 is 65.5 Å². The quantitative estimate of drug-likeness (QED) is 0.0812. The van der Waals surface area contributed by atoms with Gasteiger partial charge in [0.1, 0.15) is 28.6 Å². The molecule has 4 fully saturated rings. The average Bonchev–Trinajstić information content (AvgIpc) is 3.81. The van der Waals surface area contributed by atoms with Gasteiger partial charge in [-0.1, -0.05) is 53.9 Å². The third-order valence-electron chi connectivity index (χ3n) is 16.7. The molecule has 8 rings (SSSR count). The Kier molecular flexibility index (Phi) is 14.4. The molecule has 68 heavy (non-hydrogen) atoms. The number of nitrogen functional groups attached to an aromatic ring is 1. The van der Waals surface area contributed by atoms with Crippen LogP contribution in [0, 0.1) is 41.9 Å². The maximum absolute atomic E-state index is 14.7. The summed E-state index contributed by atoms with van der Waals surface area (Å²) in [6.07, 6.45) is 9.17. The molecular weight excluding hydrogens is 869 g/mol. The van der Waals surface area contributed by atoms with Gasteiger partial charge in [-0.2, -0.15) is 0 Å². The van der Waals surface area contributed by atoms with E-state index in [0.29, 0.717) is 37.2 Å². The van der Waals surface area contributed by atoms with Crippen LogP contribution in [0.3, 0.4) is 0 Å². The van der Waals surface area contributed by atoms with Crippen molar-refractivity contribution in [2.45, 2.75) is 149 Å². The van der Waals surface area contributed by atoms with Crippen LogP contribution < -0.4 is 21.2 Å². The molecule has 8 atom stereocenters. The van der Waals surface area contributed by atoms with Crippen molar-refractivity contribution in [1.82, 2.24) is 14.7 Å². The third kappa shape index (κ3) is 9.40. The molecule has 2 spiro atoms. The number of fused-ring (bicyclic) bond motifs is 5. The van der Waals surface area contributed by atoms with E-state index in [0.717, 1.165) is 51.5 Å². The van der Waals surface area contributed by atoms with E-state index in [1.807, 2.05) is 13.8 Å². The fraction of sp³-hybridized carbons (Fsp3) is 0.731. The van der Waals surface area contributed by atoms with Gasteiger partial charge < -0.3 is 59.8 Å². The number of aliphatic hydroxyl groups is 2. The lowest BCUT2D eigenvalue weighted by atomic mass is 9.72. The molecule has 0 unspecified atom stereocenters. The lowest BCUT2D eigenvalue weighted by Crippen LogP contribution is -2.62. The molecule has 376 valence electrons. The largest absolute Gasteiger partial charge is 0.507 e. The minimum atomic E-state index is -1.91. The van der Waals surface area contributed by atoms with E-state index >= 15 is 0 Å². The average molecular weight is 947 g/mol. The topological polar surface area (TPSA) is 212 Å². The van der Waals surface area contributed by atoms with Crippen molar-refractivity contribution in [1.29, 1.82) is 0 Å². The smallest absolute Gasteiger partial charge is 0.410 e. The van der Waals surface area contributed by atoms with Crippen molar-refractivity contribution in [3.8, 4) is 17.2 Å². The standard InChI is InChI=1S/C52H78N6O10/c1-29(2)25-56-22-18-52(19-23-56)54-41-37-38(45(62)40(53)42(41)55-52)44(61)33(6)47-39(37)48(63)50(8,68-47)66-24-15-36(65-9)31(4)46(32(5)43(60)30(3)34(7)59)67-49(64)58-27-51(28-58)16-20-57(21-17-51)26-35-13-11-10-12-14-35/h15,24,29-32,34-36,43,46,59-62H,10-14,16-23,25-28,53H2,1-9H3/b24-15+/t30-,31-,32-,34+,36+,43-,46-,50+/m1/s1. The molecule has 2 aromatic rings. The van der Waals surface area contributed by atoms with Crippen molar-refractivity contribution in [3.63, 3.8) is 0 Å². The van der Waals surface area contributed by atoms with E-state index in [-0.39, 0.29) is 55.6 Å². The number of aromatic hydroxyl groups is 2. The van der Waals surface area contributed by atoms with Gasteiger partial charge in [0.05, 0.1) is 40.9 Å². The molecule has 0 radical (unpaired) electrons. The first-order chi connectivity index (χ1) is 32.2. The van der Waals surface area contributed by atoms with E-state index in [1.165, 1.54) is 58.9 Å². The Morgan fingerprint density at radius 2 is 1.51 bits per heavy atom. The Morgan fingerprint density at radius 1 is 0.882 bits per heavy atom. The Labute approximate surface area is 401 Å². The summed E-state index contributed by atoms with van der Waals surface area (Å²) in [6, 6.07) is 0. The summed E-state index contributed by atoms with van der Waals surface area (Å²) < 4.78 is 24.8. The molecule has 3 saturated heterocycles. The second-order valence-corrected chi connectivity index (χ2v) is 22.1. The molecule has 6 N–H and O–H groups in total. The minimum Gasteiger partial charge on any atom is -0.507 e. The first-order valence-corrected chi connectivity index (χ1v) is 25.4. The Morgan fingerprint density at radius 3 is 2.13 bits per heavy atom. The molecule has 16 heteroatoms. The van der Waals surface area contributed by atoms with Gasteiger partial charge in [0.2, 0.25) is 0 Å². The van der Waals surface area contributed by atoms with Crippen LogP contribution in [-0.4, -0.2) is 142 Å². The van der Waals surface area contributed by atoms with Gasteiger partial charge in [-0.15, -0.1) is 0 Å². The molecular formula is C52H78N6O10. The molecule has 0 bridgehead atoms. The first kappa shape index (κ1) is 50.2. The fourth-order valence-electron chi connectivity index (χ4n) is 12.1. The second-order valence-electron chi connectivity index (χ2n) is 22.1. The predicted molar refractivity (Wildman–Crippen MR) is 258 cm³/mol. The third-order valence-corrected chi connectivity index (χ3v) is 16.7. The summed E-state index contributed by atoms with van der Waals surface area (Å²) in [6.45, 7) is 21.6. The van der Waals surface area contributed by atoms with Crippen LogP contribution in [-0.2, 0) is 14.2 Å². The van der Waals surface area contributed by atoms with Crippen LogP contribution in [0.2, 0.25) is 0 Å². The van der Waals surface area contributed by atoms with Gasteiger partial charge in [0, 0.05) is 100 Å². The molecule has 2 aromatic carbocycles. The number of ether oxygens (including phenoxy) is 4. The van der Waals surface area contributed by atoms with Crippen molar-refractivity contribution in [2.24, 2.45) is 45.0 Å². The van der Waals surface area contributed by atoms with Gasteiger partial charge in [-0.25, -0.2) is 4.79 Å². The number of rotatable bonds is 15. The number of Topliss-reactive ketones (excluding diaryl/α,β-unsaturated/α-hetero) is 1.